The Labute approximate surface area is 206 Å². The number of thiol groups is 1. The van der Waals surface area contributed by atoms with Crippen molar-refractivity contribution in [1.82, 2.24) is 0 Å². The molecule has 0 N–H and O–H groups in total. The van der Waals surface area contributed by atoms with E-state index in [2.05, 4.69) is 19.1 Å². The Morgan fingerprint density at radius 2 is 1.74 bits per heavy atom. The first-order chi connectivity index (χ1) is 16.4. The molecule has 1 aliphatic rings. The molecule has 1 heterocycles. The molecule has 4 aromatic rings. The highest BCUT2D eigenvalue weighted by molar-refractivity contribution is 7.84. The first kappa shape index (κ1) is 23.0. The number of aryl methyl sites for hydroxylation is 1. The second kappa shape index (κ2) is 9.47. The van der Waals surface area contributed by atoms with Crippen molar-refractivity contribution in [3.8, 4) is 22.8 Å². The van der Waals surface area contributed by atoms with Crippen molar-refractivity contribution >= 4 is 40.3 Å². The van der Waals surface area contributed by atoms with Gasteiger partial charge in [0.05, 0.1) is 5.69 Å². The smallest absolute Gasteiger partial charge is 0.138 e. The molecule has 0 bridgehead atoms. The molecular formula is C27H26FNO3S2. The van der Waals surface area contributed by atoms with Crippen LogP contribution >= 0.6 is 12.8 Å². The lowest BCUT2D eigenvalue weighted by Gasteiger charge is -2.20. The third-order valence-electron chi connectivity index (χ3n) is 6.14. The molecule has 5 rings (SSSR count). The molecule has 176 valence electrons. The number of halogens is 1. The molecule has 1 unspecified atom stereocenters. The zero-order valence-corrected chi connectivity index (χ0v) is 20.8. The van der Waals surface area contributed by atoms with E-state index in [4.69, 9.17) is 22.0 Å². The van der Waals surface area contributed by atoms with Crippen molar-refractivity contribution in [3.63, 3.8) is 0 Å². The quantitative estimate of drug-likeness (QED) is 0.262. The monoisotopic (exact) mass is 495 g/mol. The van der Waals surface area contributed by atoms with Crippen LogP contribution in [-0.4, -0.2) is 22.8 Å². The molecule has 0 spiro atoms. The van der Waals surface area contributed by atoms with E-state index in [9.17, 15) is 8.60 Å². The van der Waals surface area contributed by atoms with Gasteiger partial charge >= 0.3 is 0 Å². The Kier molecular flexibility index (Phi) is 6.40. The maximum Gasteiger partial charge on any atom is 0.138 e. The summed E-state index contributed by atoms with van der Waals surface area (Å²) < 4.78 is 38.7. The van der Waals surface area contributed by atoms with Crippen LogP contribution in [0.2, 0.25) is 0 Å². The molecule has 1 aromatic heterocycles. The number of furan rings is 1. The van der Waals surface area contributed by atoms with Crippen molar-refractivity contribution in [2.45, 2.75) is 25.7 Å². The first-order valence-electron chi connectivity index (χ1n) is 11.3. The number of hydrogen-bond donors (Lipinski definition) is 1. The van der Waals surface area contributed by atoms with Gasteiger partial charge in [-0.05, 0) is 85.8 Å². The maximum absolute atomic E-state index is 13.1. The van der Waals surface area contributed by atoms with Crippen LogP contribution in [0.3, 0.4) is 0 Å². The van der Waals surface area contributed by atoms with Crippen molar-refractivity contribution in [3.05, 3.63) is 77.6 Å². The van der Waals surface area contributed by atoms with Gasteiger partial charge in [0.2, 0.25) is 0 Å². The van der Waals surface area contributed by atoms with Gasteiger partial charge in [0.25, 0.3) is 0 Å². The van der Waals surface area contributed by atoms with Crippen LogP contribution in [-0.2, 0) is 10.8 Å². The average molecular weight is 496 g/mol. The fourth-order valence-corrected chi connectivity index (χ4v) is 4.99. The molecule has 1 atom stereocenters. The highest BCUT2D eigenvalue weighted by Gasteiger charge is 2.29. The van der Waals surface area contributed by atoms with E-state index >= 15 is 0 Å². The van der Waals surface area contributed by atoms with E-state index in [1.165, 1.54) is 30.5 Å². The molecule has 0 aliphatic heterocycles. The lowest BCUT2D eigenvalue weighted by atomic mass is 10.0. The van der Waals surface area contributed by atoms with Gasteiger partial charge in [-0.2, -0.15) is 0 Å². The van der Waals surface area contributed by atoms with E-state index < -0.39 is 10.8 Å². The van der Waals surface area contributed by atoms with Gasteiger partial charge in [0, 0.05) is 51.9 Å². The van der Waals surface area contributed by atoms with Crippen LogP contribution in [0, 0.1) is 12.7 Å². The minimum atomic E-state index is -0.870. The topological polar surface area (TPSA) is 42.7 Å². The Morgan fingerprint density at radius 3 is 2.35 bits per heavy atom. The number of anilines is 1. The van der Waals surface area contributed by atoms with Gasteiger partial charge in [0.1, 0.15) is 28.7 Å². The van der Waals surface area contributed by atoms with Crippen LogP contribution in [0.15, 0.2) is 65.1 Å². The van der Waals surface area contributed by atoms with Crippen molar-refractivity contribution in [2.24, 2.45) is 0 Å². The third kappa shape index (κ3) is 4.86. The molecule has 1 saturated carbocycles. The number of benzene rings is 3. The molecule has 0 amide bonds. The normalized spacial score (nSPS) is 14.4. The Bertz CT molecular complexity index is 1350. The molecule has 1 fully saturated rings. The van der Waals surface area contributed by atoms with E-state index in [-0.39, 0.29) is 5.82 Å². The summed E-state index contributed by atoms with van der Waals surface area (Å²) in [7, 11) is -0.870. The van der Waals surface area contributed by atoms with E-state index in [1.54, 1.807) is 18.4 Å². The summed E-state index contributed by atoms with van der Waals surface area (Å²) in [4.78, 5) is 0. The van der Waals surface area contributed by atoms with Crippen LogP contribution in [0.4, 0.5) is 10.1 Å². The van der Waals surface area contributed by atoms with Crippen molar-refractivity contribution in [2.75, 3.05) is 22.9 Å². The Morgan fingerprint density at radius 1 is 1.09 bits per heavy atom. The number of hydrogen-bond acceptors (Lipinski definition) is 5. The largest absolute Gasteiger partial charge is 0.457 e. The van der Waals surface area contributed by atoms with Gasteiger partial charge in [-0.3, -0.25) is 4.21 Å². The molecule has 34 heavy (non-hydrogen) atoms. The van der Waals surface area contributed by atoms with E-state index in [0.717, 1.165) is 33.5 Å². The van der Waals surface area contributed by atoms with Crippen LogP contribution in [0.25, 0.3) is 22.3 Å². The summed E-state index contributed by atoms with van der Waals surface area (Å²) in [6.45, 7) is 2.69. The van der Waals surface area contributed by atoms with Gasteiger partial charge in [0.15, 0.2) is 0 Å². The van der Waals surface area contributed by atoms with E-state index in [0.29, 0.717) is 29.7 Å². The molecule has 3 aromatic carbocycles. The van der Waals surface area contributed by atoms with Crippen molar-refractivity contribution < 1.29 is 17.8 Å². The fraction of sp³-hybridized carbons (Fsp3) is 0.259. The Balaban J connectivity index is 1.45. The summed E-state index contributed by atoms with van der Waals surface area (Å²) in [6.07, 6.45) is 4.07. The average Bonchev–Trinajstić information content (AvgIpc) is 3.63. The summed E-state index contributed by atoms with van der Waals surface area (Å²) in [5.41, 5.74) is 5.18. The van der Waals surface area contributed by atoms with Crippen LogP contribution in [0.5, 0.6) is 11.5 Å². The molecular weight excluding hydrogens is 469 g/mol. The van der Waals surface area contributed by atoms with Gasteiger partial charge < -0.3 is 13.5 Å². The molecule has 7 heteroatoms. The summed E-state index contributed by atoms with van der Waals surface area (Å²) >= 11 is 4.69. The minimum absolute atomic E-state index is 0.294. The number of fused-ring (bicyclic) bond motifs is 1. The fourth-order valence-electron chi connectivity index (χ4n) is 4.14. The zero-order valence-electron chi connectivity index (χ0n) is 19.1. The summed E-state index contributed by atoms with van der Waals surface area (Å²) in [5.74, 6) is 2.89. The molecule has 4 nitrogen and oxygen atoms in total. The van der Waals surface area contributed by atoms with Gasteiger partial charge in [-0.25, -0.2) is 4.39 Å². The third-order valence-corrected chi connectivity index (χ3v) is 7.31. The summed E-state index contributed by atoms with van der Waals surface area (Å²) in [5, 5.41) is 1.10. The molecule has 0 saturated heterocycles. The van der Waals surface area contributed by atoms with Gasteiger partial charge in [-0.15, -0.1) is 0 Å². The maximum atomic E-state index is 13.1. The predicted molar refractivity (Wildman–Crippen MR) is 140 cm³/mol. The van der Waals surface area contributed by atoms with Crippen molar-refractivity contribution in [1.29, 1.82) is 0 Å². The number of rotatable bonds is 8. The first-order valence-corrected chi connectivity index (χ1v) is 13.4. The highest BCUT2D eigenvalue weighted by Crippen LogP contribution is 2.47. The van der Waals surface area contributed by atoms with E-state index in [1.807, 2.05) is 28.6 Å². The number of ether oxygens (including phenoxy) is 1. The van der Waals surface area contributed by atoms with Gasteiger partial charge in [-0.1, -0.05) is 12.8 Å². The SMILES string of the molecule is Cc1c(-c2ccc(Oc3ccc(F)cc3)cc2)oc2cc(N(S)CCS(C)=O)c(C3CC3)cc12. The predicted octanol–water partition coefficient (Wildman–Crippen LogP) is 7.25. The second-order valence-corrected chi connectivity index (χ2v) is 10.8. The Hall–Kier alpha value is -2.77. The molecule has 0 radical (unpaired) electrons. The lowest BCUT2D eigenvalue weighted by molar-refractivity contribution is 0.480. The van der Waals surface area contributed by atoms with Crippen LogP contribution < -0.4 is 9.04 Å². The standard InChI is InChI=1S/C27H26FNO3S2/c1-17-23-15-24(18-3-4-18)25(29(33)13-14-34(2)30)16-26(23)32-27(17)19-5-9-21(10-6-19)31-22-11-7-20(28)8-12-22/h5-12,15-16,18,33H,3-4,13-14H2,1-2H3. The molecule has 1 aliphatic carbocycles. The van der Waals surface area contributed by atoms with Crippen LogP contribution in [0.1, 0.15) is 29.9 Å². The zero-order chi connectivity index (χ0) is 23.8. The highest BCUT2D eigenvalue weighted by atomic mass is 32.2. The minimum Gasteiger partial charge on any atom is -0.457 e. The number of nitrogens with zero attached hydrogens (tertiary/aromatic N) is 1. The second-order valence-electron chi connectivity index (χ2n) is 8.72. The summed E-state index contributed by atoms with van der Waals surface area (Å²) in [6, 6.07) is 18.0. The lowest BCUT2D eigenvalue weighted by Crippen LogP contribution is -2.19.